The normalized spacial score (nSPS) is 12.0. The van der Waals surface area contributed by atoms with Crippen LogP contribution < -0.4 is 0 Å². The second-order valence-corrected chi connectivity index (χ2v) is 7.73. The first kappa shape index (κ1) is 14.5. The summed E-state index contributed by atoms with van der Waals surface area (Å²) in [5.74, 6) is 0. The fraction of sp³-hybridized carbons (Fsp3) is 0.133. The van der Waals surface area contributed by atoms with Crippen LogP contribution in [0.4, 0.5) is 0 Å². The number of nitrogens with zero attached hydrogens (tertiary/aromatic N) is 2. The average Bonchev–Trinajstić information content (AvgIpc) is 2.76. The van der Waals surface area contributed by atoms with E-state index in [0.717, 1.165) is 11.1 Å². The van der Waals surface area contributed by atoms with Crippen LogP contribution in [0.25, 0.3) is 10.9 Å². The molecule has 0 amide bonds. The smallest absolute Gasteiger partial charge is 0.256 e. The van der Waals surface area contributed by atoms with E-state index in [1.165, 1.54) is 3.97 Å². The quantitative estimate of drug-likeness (QED) is 0.606. The number of pyridine rings is 1. The van der Waals surface area contributed by atoms with Gasteiger partial charge in [0.15, 0.2) is 0 Å². The lowest BCUT2D eigenvalue weighted by Gasteiger charge is -2.10. The van der Waals surface area contributed by atoms with Gasteiger partial charge in [-0.15, -0.1) is 0 Å². The predicted molar refractivity (Wildman–Crippen MR) is 90.9 cm³/mol. The molecule has 6 heteroatoms. The van der Waals surface area contributed by atoms with Gasteiger partial charge in [0, 0.05) is 11.1 Å². The number of benzene rings is 1. The SMILES string of the molecule is Cc1cc2cc(I)n(S(=O)(=O)c3ccccc3)c2c(C)n1. The van der Waals surface area contributed by atoms with Gasteiger partial charge in [-0.1, -0.05) is 18.2 Å². The van der Waals surface area contributed by atoms with Crippen LogP contribution in [0.5, 0.6) is 0 Å². The number of fused-ring (bicyclic) bond motifs is 1. The number of rotatable bonds is 2. The molecule has 2 aromatic heterocycles. The van der Waals surface area contributed by atoms with Gasteiger partial charge in [-0.25, -0.2) is 12.4 Å². The Morgan fingerprint density at radius 1 is 1.10 bits per heavy atom. The molecule has 1 aromatic carbocycles. The van der Waals surface area contributed by atoms with Crippen molar-refractivity contribution in [1.82, 2.24) is 8.96 Å². The van der Waals surface area contributed by atoms with Crippen LogP contribution >= 0.6 is 22.6 Å². The third kappa shape index (κ3) is 2.36. The molecule has 0 bridgehead atoms. The lowest BCUT2D eigenvalue weighted by molar-refractivity contribution is 0.588. The summed E-state index contributed by atoms with van der Waals surface area (Å²) in [5, 5.41) is 0.893. The van der Waals surface area contributed by atoms with E-state index >= 15 is 0 Å². The highest BCUT2D eigenvalue weighted by molar-refractivity contribution is 14.1. The van der Waals surface area contributed by atoms with E-state index in [1.807, 2.05) is 48.6 Å². The maximum Gasteiger partial charge on any atom is 0.269 e. The van der Waals surface area contributed by atoms with Crippen LogP contribution in [0.1, 0.15) is 11.4 Å². The van der Waals surface area contributed by atoms with Gasteiger partial charge in [-0.05, 0) is 60.7 Å². The fourth-order valence-corrected chi connectivity index (χ4v) is 5.28. The summed E-state index contributed by atoms with van der Waals surface area (Å²) < 4.78 is 27.8. The van der Waals surface area contributed by atoms with Gasteiger partial charge in [-0.3, -0.25) is 4.98 Å². The Labute approximate surface area is 137 Å². The number of hydrogen-bond acceptors (Lipinski definition) is 3. The Bertz CT molecular complexity index is 931. The highest BCUT2D eigenvalue weighted by atomic mass is 127. The van der Waals surface area contributed by atoms with Crippen LogP contribution in [0.15, 0.2) is 47.4 Å². The summed E-state index contributed by atoms with van der Waals surface area (Å²) >= 11 is 2.05. The van der Waals surface area contributed by atoms with Gasteiger partial charge in [0.1, 0.15) is 0 Å². The third-order valence-corrected chi connectivity index (χ3v) is 6.13. The molecule has 3 rings (SSSR count). The Kier molecular flexibility index (Phi) is 3.53. The topological polar surface area (TPSA) is 52.0 Å². The molecule has 0 aliphatic rings. The number of hydrogen-bond donors (Lipinski definition) is 0. The minimum Gasteiger partial charge on any atom is -0.256 e. The zero-order valence-electron chi connectivity index (χ0n) is 11.5. The number of aryl methyl sites for hydroxylation is 2. The Hall–Kier alpha value is -1.41. The molecule has 0 fully saturated rings. The van der Waals surface area contributed by atoms with Gasteiger partial charge in [0.25, 0.3) is 10.0 Å². The first-order chi connectivity index (χ1) is 9.91. The van der Waals surface area contributed by atoms with E-state index in [0.29, 0.717) is 14.9 Å². The predicted octanol–water partition coefficient (Wildman–Crippen LogP) is 3.49. The zero-order valence-corrected chi connectivity index (χ0v) is 14.5. The molecule has 0 aliphatic carbocycles. The molecule has 4 nitrogen and oxygen atoms in total. The molecular weight excluding hydrogens is 399 g/mol. The van der Waals surface area contributed by atoms with E-state index in [4.69, 9.17) is 0 Å². The highest BCUT2D eigenvalue weighted by Crippen LogP contribution is 2.28. The third-order valence-electron chi connectivity index (χ3n) is 3.28. The van der Waals surface area contributed by atoms with Crippen molar-refractivity contribution >= 4 is 43.5 Å². The number of aromatic nitrogens is 2. The maximum absolute atomic E-state index is 12.9. The Morgan fingerprint density at radius 2 is 1.76 bits per heavy atom. The van der Waals surface area contributed by atoms with E-state index in [1.54, 1.807) is 30.3 Å². The number of halogens is 1. The van der Waals surface area contributed by atoms with E-state index in [2.05, 4.69) is 4.98 Å². The summed E-state index contributed by atoms with van der Waals surface area (Å²) in [5.41, 5.74) is 2.24. The summed E-state index contributed by atoms with van der Waals surface area (Å²) in [6.45, 7) is 3.74. The van der Waals surface area contributed by atoms with Crippen LogP contribution in [0, 0.1) is 17.5 Å². The van der Waals surface area contributed by atoms with Gasteiger partial charge in [-0.2, -0.15) is 0 Å². The molecule has 0 N–H and O–H groups in total. The molecule has 2 heterocycles. The summed E-state index contributed by atoms with van der Waals surface area (Å²) in [4.78, 5) is 4.67. The average molecular weight is 412 g/mol. The lowest BCUT2D eigenvalue weighted by atomic mass is 10.2. The van der Waals surface area contributed by atoms with E-state index in [9.17, 15) is 8.42 Å². The Morgan fingerprint density at radius 3 is 2.43 bits per heavy atom. The van der Waals surface area contributed by atoms with Crippen LogP contribution in [-0.2, 0) is 10.0 Å². The minimum absolute atomic E-state index is 0.278. The second-order valence-electron chi connectivity index (χ2n) is 4.84. The van der Waals surface area contributed by atoms with Crippen molar-refractivity contribution in [3.05, 3.63) is 57.6 Å². The molecule has 0 unspecified atom stereocenters. The van der Waals surface area contributed by atoms with Crippen LogP contribution in [0.2, 0.25) is 0 Å². The molecule has 0 radical (unpaired) electrons. The van der Waals surface area contributed by atoms with Crippen molar-refractivity contribution in [2.75, 3.05) is 0 Å². The molecule has 21 heavy (non-hydrogen) atoms. The molecule has 0 saturated carbocycles. The molecule has 0 spiro atoms. The van der Waals surface area contributed by atoms with Crippen molar-refractivity contribution in [2.24, 2.45) is 0 Å². The monoisotopic (exact) mass is 412 g/mol. The lowest BCUT2D eigenvalue weighted by Crippen LogP contribution is -2.15. The summed E-state index contributed by atoms with van der Waals surface area (Å²) in [7, 11) is -3.62. The van der Waals surface area contributed by atoms with Crippen molar-refractivity contribution in [2.45, 2.75) is 18.7 Å². The van der Waals surface area contributed by atoms with Crippen LogP contribution in [0.3, 0.4) is 0 Å². The molecule has 0 saturated heterocycles. The van der Waals surface area contributed by atoms with Gasteiger partial charge in [0.05, 0.1) is 19.8 Å². The van der Waals surface area contributed by atoms with Gasteiger partial charge in [0.2, 0.25) is 0 Å². The fourth-order valence-electron chi connectivity index (χ4n) is 2.45. The van der Waals surface area contributed by atoms with Crippen LogP contribution in [-0.4, -0.2) is 17.4 Å². The second kappa shape index (κ2) is 5.10. The van der Waals surface area contributed by atoms with Crippen molar-refractivity contribution in [3.8, 4) is 0 Å². The Balaban J connectivity index is 2.38. The summed E-state index contributed by atoms with van der Waals surface area (Å²) in [6, 6.07) is 12.2. The summed E-state index contributed by atoms with van der Waals surface area (Å²) in [6.07, 6.45) is 0. The largest absolute Gasteiger partial charge is 0.269 e. The highest BCUT2D eigenvalue weighted by Gasteiger charge is 2.23. The first-order valence-electron chi connectivity index (χ1n) is 6.37. The molecule has 0 aliphatic heterocycles. The molecular formula is C15H13IN2O2S. The molecule has 3 aromatic rings. The van der Waals surface area contributed by atoms with Gasteiger partial charge < -0.3 is 0 Å². The minimum atomic E-state index is -3.62. The van der Waals surface area contributed by atoms with Gasteiger partial charge >= 0.3 is 0 Å². The van der Waals surface area contributed by atoms with Crippen molar-refractivity contribution < 1.29 is 8.42 Å². The van der Waals surface area contributed by atoms with Crippen molar-refractivity contribution in [1.29, 1.82) is 0 Å². The standard InChI is InChI=1S/C15H13IN2O2S/c1-10-8-12-9-14(16)18(15(12)11(2)17-10)21(19,20)13-6-4-3-5-7-13/h3-9H,1-2H3. The van der Waals surface area contributed by atoms with Crippen molar-refractivity contribution in [3.63, 3.8) is 0 Å². The molecule has 108 valence electrons. The molecule has 0 atom stereocenters. The maximum atomic E-state index is 12.9. The van der Waals surface area contributed by atoms with E-state index < -0.39 is 10.0 Å². The van der Waals surface area contributed by atoms with E-state index in [-0.39, 0.29) is 4.90 Å². The zero-order chi connectivity index (χ0) is 15.2. The first-order valence-corrected chi connectivity index (χ1v) is 8.89.